The molecule has 2 N–H and O–H groups in total. The van der Waals surface area contributed by atoms with Crippen LogP contribution in [0.15, 0.2) is 47.4 Å². The van der Waals surface area contributed by atoms with Gasteiger partial charge < -0.3 is 0 Å². The summed E-state index contributed by atoms with van der Waals surface area (Å²) in [5.74, 6) is 5.80. The molecule has 2 rings (SSSR count). The molecule has 0 aliphatic carbocycles. The smallest absolute Gasteiger partial charge is 0.254 e. The van der Waals surface area contributed by atoms with Gasteiger partial charge in [-0.3, -0.25) is 5.84 Å². The van der Waals surface area contributed by atoms with Gasteiger partial charge in [-0.25, -0.2) is 8.42 Å². The SMILES string of the molecule is CC(C)(C)N(N)S(=O)(=O)c1cccc2ccccc12. The van der Waals surface area contributed by atoms with Crippen LogP contribution in [0.3, 0.4) is 0 Å². The van der Waals surface area contributed by atoms with Crippen LogP contribution in [0, 0.1) is 0 Å². The maximum atomic E-state index is 12.6. The lowest BCUT2D eigenvalue weighted by Crippen LogP contribution is -2.50. The highest BCUT2D eigenvalue weighted by molar-refractivity contribution is 7.89. The second-order valence-electron chi connectivity index (χ2n) is 5.45. The van der Waals surface area contributed by atoms with E-state index in [2.05, 4.69) is 0 Å². The van der Waals surface area contributed by atoms with Gasteiger partial charge >= 0.3 is 0 Å². The first-order valence-electron chi connectivity index (χ1n) is 6.02. The van der Waals surface area contributed by atoms with Crippen molar-refractivity contribution in [1.82, 2.24) is 4.41 Å². The van der Waals surface area contributed by atoms with Crippen molar-refractivity contribution >= 4 is 20.8 Å². The summed E-state index contributed by atoms with van der Waals surface area (Å²) in [6.07, 6.45) is 0. The second-order valence-corrected chi connectivity index (χ2v) is 7.23. The molecule has 0 saturated heterocycles. The van der Waals surface area contributed by atoms with Crippen LogP contribution in [0.25, 0.3) is 10.8 Å². The van der Waals surface area contributed by atoms with Crippen LogP contribution in [-0.4, -0.2) is 18.4 Å². The third-order valence-electron chi connectivity index (χ3n) is 2.95. The third kappa shape index (κ3) is 2.49. The van der Waals surface area contributed by atoms with Crippen molar-refractivity contribution in [3.8, 4) is 0 Å². The molecule has 2 aromatic rings. The average molecular weight is 278 g/mol. The lowest BCUT2D eigenvalue weighted by molar-refractivity contribution is 0.255. The summed E-state index contributed by atoms with van der Waals surface area (Å²) in [5.41, 5.74) is -0.671. The molecule has 5 heteroatoms. The van der Waals surface area contributed by atoms with Crippen molar-refractivity contribution in [3.63, 3.8) is 0 Å². The molecule has 0 saturated carbocycles. The van der Waals surface area contributed by atoms with Gasteiger partial charge in [0.1, 0.15) is 0 Å². The number of nitrogens with zero attached hydrogens (tertiary/aromatic N) is 1. The van der Waals surface area contributed by atoms with Crippen molar-refractivity contribution in [2.24, 2.45) is 5.84 Å². The van der Waals surface area contributed by atoms with E-state index in [9.17, 15) is 8.42 Å². The number of nitrogens with two attached hydrogens (primary N) is 1. The number of hydrazine groups is 1. The minimum Gasteiger partial charge on any atom is -0.254 e. The molecule has 0 unspecified atom stereocenters. The van der Waals surface area contributed by atoms with Crippen molar-refractivity contribution < 1.29 is 8.42 Å². The topological polar surface area (TPSA) is 63.4 Å². The van der Waals surface area contributed by atoms with Gasteiger partial charge in [-0.05, 0) is 32.2 Å². The van der Waals surface area contributed by atoms with Crippen molar-refractivity contribution in [1.29, 1.82) is 0 Å². The Morgan fingerprint density at radius 1 is 1.00 bits per heavy atom. The summed E-state index contributed by atoms with van der Waals surface area (Å²) >= 11 is 0. The van der Waals surface area contributed by atoms with E-state index < -0.39 is 15.6 Å². The number of hydrogen-bond donors (Lipinski definition) is 1. The molecule has 19 heavy (non-hydrogen) atoms. The Hall–Kier alpha value is -1.43. The fraction of sp³-hybridized carbons (Fsp3) is 0.286. The van der Waals surface area contributed by atoms with Gasteiger partial charge in [0.05, 0.1) is 4.90 Å². The zero-order valence-electron chi connectivity index (χ0n) is 11.3. The number of sulfonamides is 1. The molecule has 2 aromatic carbocycles. The largest absolute Gasteiger partial charge is 0.256 e. The fourth-order valence-electron chi connectivity index (χ4n) is 1.89. The predicted molar refractivity (Wildman–Crippen MR) is 76.9 cm³/mol. The van der Waals surface area contributed by atoms with E-state index in [-0.39, 0.29) is 4.90 Å². The van der Waals surface area contributed by atoms with Crippen LogP contribution in [0.2, 0.25) is 0 Å². The average Bonchev–Trinajstić information content (AvgIpc) is 2.36. The summed E-state index contributed by atoms with van der Waals surface area (Å²) in [6, 6.07) is 12.6. The van der Waals surface area contributed by atoms with Crippen LogP contribution >= 0.6 is 0 Å². The Kier molecular flexibility index (Phi) is 3.38. The van der Waals surface area contributed by atoms with Crippen molar-refractivity contribution in [3.05, 3.63) is 42.5 Å². The lowest BCUT2D eigenvalue weighted by Gasteiger charge is -2.30. The number of hydrogen-bond acceptors (Lipinski definition) is 3. The molecule has 0 aliphatic heterocycles. The molecule has 0 radical (unpaired) electrons. The molecule has 0 spiro atoms. The molecule has 0 bridgehead atoms. The summed E-state index contributed by atoms with van der Waals surface area (Å²) in [6.45, 7) is 5.28. The van der Waals surface area contributed by atoms with Gasteiger partial charge in [0.2, 0.25) is 0 Å². The molecule has 0 amide bonds. The highest BCUT2D eigenvalue weighted by Gasteiger charge is 2.32. The maximum absolute atomic E-state index is 12.6. The highest BCUT2D eigenvalue weighted by atomic mass is 32.2. The molecule has 0 atom stereocenters. The number of rotatable bonds is 2. The van der Waals surface area contributed by atoms with Crippen molar-refractivity contribution in [2.75, 3.05) is 0 Å². The summed E-state index contributed by atoms with van der Waals surface area (Å²) in [7, 11) is -3.71. The van der Waals surface area contributed by atoms with Gasteiger partial charge in [-0.15, -0.1) is 4.41 Å². The number of benzene rings is 2. The van der Waals surface area contributed by atoms with Crippen LogP contribution in [0.1, 0.15) is 20.8 Å². The Morgan fingerprint density at radius 3 is 2.21 bits per heavy atom. The Labute approximate surface area is 113 Å². The summed E-state index contributed by atoms with van der Waals surface area (Å²) in [4.78, 5) is 0.239. The molecular formula is C14H18N2O2S. The molecule has 0 aromatic heterocycles. The van der Waals surface area contributed by atoms with E-state index in [0.29, 0.717) is 5.39 Å². The zero-order chi connectivity index (χ0) is 14.3. The van der Waals surface area contributed by atoms with Gasteiger partial charge in [-0.2, -0.15) is 0 Å². The van der Waals surface area contributed by atoms with E-state index in [4.69, 9.17) is 5.84 Å². The summed E-state index contributed by atoms with van der Waals surface area (Å²) < 4.78 is 26.1. The van der Waals surface area contributed by atoms with Crippen LogP contribution in [0.4, 0.5) is 0 Å². The van der Waals surface area contributed by atoms with E-state index in [1.54, 1.807) is 39.0 Å². The standard InChI is InChI=1S/C14H18N2O2S/c1-14(2,3)16(15)19(17,18)13-10-6-8-11-7-4-5-9-12(11)13/h4-10H,15H2,1-3H3. The van der Waals surface area contributed by atoms with E-state index in [1.165, 1.54) is 0 Å². The van der Waals surface area contributed by atoms with E-state index >= 15 is 0 Å². The van der Waals surface area contributed by atoms with Crippen LogP contribution in [0.5, 0.6) is 0 Å². The van der Waals surface area contributed by atoms with Gasteiger partial charge in [0.25, 0.3) is 10.0 Å². The second kappa shape index (κ2) is 4.59. The maximum Gasteiger partial charge on any atom is 0.256 e. The first-order valence-corrected chi connectivity index (χ1v) is 7.46. The molecule has 102 valence electrons. The van der Waals surface area contributed by atoms with E-state index in [1.807, 2.05) is 24.3 Å². The molecule has 0 fully saturated rings. The van der Waals surface area contributed by atoms with Gasteiger partial charge in [0, 0.05) is 10.9 Å². The normalized spacial score (nSPS) is 13.1. The number of fused-ring (bicyclic) bond motifs is 1. The minimum atomic E-state index is -3.71. The Morgan fingerprint density at radius 2 is 1.58 bits per heavy atom. The Bertz CT molecular complexity index is 697. The van der Waals surface area contributed by atoms with E-state index in [0.717, 1.165) is 9.80 Å². The first-order chi connectivity index (χ1) is 8.74. The molecule has 0 aliphatic rings. The monoisotopic (exact) mass is 278 g/mol. The lowest BCUT2D eigenvalue weighted by atomic mass is 10.1. The fourth-order valence-corrected chi connectivity index (χ4v) is 3.53. The Balaban J connectivity index is 2.68. The van der Waals surface area contributed by atoms with Gasteiger partial charge in [0.15, 0.2) is 0 Å². The van der Waals surface area contributed by atoms with Crippen molar-refractivity contribution in [2.45, 2.75) is 31.2 Å². The quantitative estimate of drug-likeness (QED) is 0.678. The molecule has 4 nitrogen and oxygen atoms in total. The highest BCUT2D eigenvalue weighted by Crippen LogP contribution is 2.27. The minimum absolute atomic E-state index is 0.239. The predicted octanol–water partition coefficient (Wildman–Crippen LogP) is 2.50. The molecule has 0 heterocycles. The first kappa shape index (κ1) is 14.0. The third-order valence-corrected chi connectivity index (χ3v) is 4.93. The summed E-state index contributed by atoms with van der Waals surface area (Å²) in [5, 5.41) is 1.57. The van der Waals surface area contributed by atoms with Crippen LogP contribution < -0.4 is 5.84 Å². The molecular weight excluding hydrogens is 260 g/mol. The zero-order valence-corrected chi connectivity index (χ0v) is 12.1. The van der Waals surface area contributed by atoms with Crippen LogP contribution in [-0.2, 0) is 10.0 Å². The van der Waals surface area contributed by atoms with Gasteiger partial charge in [-0.1, -0.05) is 36.4 Å².